The average Bonchev–Trinajstić information content (AvgIpc) is 2.99. The van der Waals surface area contributed by atoms with Crippen LogP contribution in [0.3, 0.4) is 0 Å². The van der Waals surface area contributed by atoms with E-state index in [1.807, 2.05) is 6.07 Å². The van der Waals surface area contributed by atoms with Gasteiger partial charge in [-0.15, -0.1) is 0 Å². The van der Waals surface area contributed by atoms with Gasteiger partial charge < -0.3 is 5.32 Å². The highest BCUT2D eigenvalue weighted by atomic mass is 35.5. The molecule has 0 aliphatic carbocycles. The molecule has 3 rings (SSSR count). The zero-order valence-corrected chi connectivity index (χ0v) is 15.5. The lowest BCUT2D eigenvalue weighted by Gasteiger charge is -2.25. The lowest BCUT2D eigenvalue weighted by Crippen LogP contribution is -2.45. The van der Waals surface area contributed by atoms with Crippen molar-refractivity contribution in [1.82, 2.24) is 4.31 Å². The number of rotatable bonds is 4. The fraction of sp³-hybridized carbons (Fsp3) is 0.176. The molecule has 1 unspecified atom stereocenters. The van der Waals surface area contributed by atoms with E-state index in [2.05, 4.69) is 5.32 Å². The van der Waals surface area contributed by atoms with Gasteiger partial charge in [0, 0.05) is 25.2 Å². The molecule has 0 bridgehead atoms. The minimum Gasteiger partial charge on any atom is -0.351 e. The maximum atomic E-state index is 12.8. The minimum atomic E-state index is -3.94. The van der Waals surface area contributed by atoms with Crippen LogP contribution in [0.1, 0.15) is 15.9 Å². The van der Waals surface area contributed by atoms with Crippen molar-refractivity contribution in [3.05, 3.63) is 58.6 Å². The van der Waals surface area contributed by atoms with E-state index in [1.165, 1.54) is 26.2 Å². The first-order valence-electron chi connectivity index (χ1n) is 7.58. The molecule has 0 radical (unpaired) electrons. The number of carbonyl (C=O) groups excluding carboxylic acids is 1. The average molecular weight is 391 g/mol. The van der Waals surface area contributed by atoms with Crippen LogP contribution >= 0.6 is 11.6 Å². The largest absolute Gasteiger partial charge is 0.351 e. The summed E-state index contributed by atoms with van der Waals surface area (Å²) in [5.74, 6) is -0.332. The molecule has 0 spiro atoms. The summed E-state index contributed by atoms with van der Waals surface area (Å²) in [7, 11) is -1.21. The summed E-state index contributed by atoms with van der Waals surface area (Å²) in [4.78, 5) is 12.8. The summed E-state index contributed by atoms with van der Waals surface area (Å²) < 4.78 is 27.2. The number of anilines is 2. The Balaban J connectivity index is 2.15. The van der Waals surface area contributed by atoms with Crippen LogP contribution < -0.4 is 9.62 Å². The maximum Gasteiger partial charge on any atom is 0.306 e. The van der Waals surface area contributed by atoms with E-state index in [0.29, 0.717) is 11.3 Å². The van der Waals surface area contributed by atoms with Crippen molar-refractivity contribution in [1.29, 1.82) is 5.26 Å². The molecule has 0 saturated carbocycles. The van der Waals surface area contributed by atoms with Gasteiger partial charge in [0.05, 0.1) is 16.4 Å². The molecular weight excluding hydrogens is 376 g/mol. The lowest BCUT2D eigenvalue weighted by molar-refractivity contribution is 0.103. The standard InChI is InChI=1S/C17H15ClN4O3S/c1-21(2)26(24,25)22-15-8-12(17(23)11-6-4-3-5-7-11)13(18)9-14(15)20-16(22)10-19/h3-9,16,20H,1-2H3. The van der Waals surface area contributed by atoms with Crippen molar-refractivity contribution >= 4 is 39.0 Å². The number of halogens is 1. The Bertz CT molecular complexity index is 1020. The fourth-order valence-corrected chi connectivity index (χ4v) is 4.01. The highest BCUT2D eigenvalue weighted by Gasteiger charge is 2.39. The van der Waals surface area contributed by atoms with E-state index in [4.69, 9.17) is 11.6 Å². The van der Waals surface area contributed by atoms with Crippen molar-refractivity contribution in [3.63, 3.8) is 0 Å². The third-order valence-corrected chi connectivity index (χ3v) is 6.10. The van der Waals surface area contributed by atoms with Gasteiger partial charge >= 0.3 is 10.2 Å². The van der Waals surface area contributed by atoms with Crippen LogP contribution in [0.15, 0.2) is 42.5 Å². The second kappa shape index (κ2) is 6.61. The quantitative estimate of drug-likeness (QED) is 0.809. The number of fused-ring (bicyclic) bond motifs is 1. The first kappa shape index (κ1) is 18.2. The summed E-state index contributed by atoms with van der Waals surface area (Å²) in [6.45, 7) is 0. The number of nitrogens with zero attached hydrogens (tertiary/aromatic N) is 3. The van der Waals surface area contributed by atoms with Crippen molar-refractivity contribution in [2.24, 2.45) is 0 Å². The van der Waals surface area contributed by atoms with E-state index in [0.717, 1.165) is 8.61 Å². The number of nitriles is 1. The molecule has 2 aromatic rings. The third-order valence-electron chi connectivity index (χ3n) is 3.96. The molecule has 9 heteroatoms. The zero-order valence-electron chi connectivity index (χ0n) is 14.0. The minimum absolute atomic E-state index is 0.163. The van der Waals surface area contributed by atoms with Gasteiger partial charge in [-0.2, -0.15) is 18.0 Å². The Hall–Kier alpha value is -2.60. The Kier molecular flexibility index (Phi) is 4.63. The number of carbonyl (C=O) groups is 1. The van der Waals surface area contributed by atoms with Crippen LogP contribution in [0.2, 0.25) is 5.02 Å². The predicted molar refractivity (Wildman–Crippen MR) is 99.4 cm³/mol. The molecule has 0 amide bonds. The van der Waals surface area contributed by atoms with Crippen molar-refractivity contribution in [3.8, 4) is 6.07 Å². The second-order valence-electron chi connectivity index (χ2n) is 5.81. The van der Waals surface area contributed by atoms with Gasteiger partial charge in [-0.05, 0) is 12.1 Å². The number of benzene rings is 2. The van der Waals surface area contributed by atoms with E-state index in [-0.39, 0.29) is 22.1 Å². The monoisotopic (exact) mass is 390 g/mol. The topological polar surface area (TPSA) is 93.5 Å². The maximum absolute atomic E-state index is 12.8. The number of hydrogen-bond donors (Lipinski definition) is 1. The first-order chi connectivity index (χ1) is 12.3. The summed E-state index contributed by atoms with van der Waals surface area (Å²) in [6.07, 6.45) is -1.13. The number of nitrogens with one attached hydrogen (secondary N) is 1. The number of ketones is 1. The molecule has 0 saturated heterocycles. The van der Waals surface area contributed by atoms with Crippen molar-refractivity contribution < 1.29 is 13.2 Å². The molecule has 1 aliphatic rings. The summed E-state index contributed by atoms with van der Waals surface area (Å²) in [5.41, 5.74) is 1.17. The van der Waals surface area contributed by atoms with Crippen LogP contribution in [0.4, 0.5) is 11.4 Å². The molecule has 26 heavy (non-hydrogen) atoms. The van der Waals surface area contributed by atoms with Crippen LogP contribution in [0.25, 0.3) is 0 Å². The van der Waals surface area contributed by atoms with Gasteiger partial charge in [0.2, 0.25) is 6.17 Å². The third kappa shape index (κ3) is 2.90. The molecule has 0 fully saturated rings. The molecule has 0 aromatic heterocycles. The summed E-state index contributed by atoms with van der Waals surface area (Å²) >= 11 is 6.25. The molecule has 134 valence electrons. The Labute approximate surface area is 156 Å². The Morgan fingerprint density at radius 2 is 1.92 bits per heavy atom. The molecule has 1 N–H and O–H groups in total. The molecule has 1 aliphatic heterocycles. The zero-order chi connectivity index (χ0) is 19.1. The van der Waals surface area contributed by atoms with Crippen LogP contribution in [0.5, 0.6) is 0 Å². The normalized spacial score (nSPS) is 16.1. The van der Waals surface area contributed by atoms with E-state index >= 15 is 0 Å². The molecule has 1 heterocycles. The molecule has 2 aromatic carbocycles. The lowest BCUT2D eigenvalue weighted by atomic mass is 10.0. The highest BCUT2D eigenvalue weighted by Crippen LogP contribution is 2.41. The van der Waals surface area contributed by atoms with Gasteiger partial charge in [-0.3, -0.25) is 4.79 Å². The van der Waals surface area contributed by atoms with Crippen molar-refractivity contribution in [2.75, 3.05) is 23.7 Å². The van der Waals surface area contributed by atoms with Crippen LogP contribution in [0, 0.1) is 11.3 Å². The van der Waals surface area contributed by atoms with Gasteiger partial charge in [0.25, 0.3) is 0 Å². The molecular formula is C17H15ClN4O3S. The molecule has 7 nitrogen and oxygen atoms in total. The van der Waals surface area contributed by atoms with E-state index in [9.17, 15) is 18.5 Å². The van der Waals surface area contributed by atoms with Gasteiger partial charge in [0.1, 0.15) is 6.07 Å². The predicted octanol–water partition coefficient (Wildman–Crippen LogP) is 2.46. The second-order valence-corrected chi connectivity index (χ2v) is 8.23. The smallest absolute Gasteiger partial charge is 0.306 e. The van der Waals surface area contributed by atoms with E-state index < -0.39 is 16.4 Å². The highest BCUT2D eigenvalue weighted by molar-refractivity contribution is 7.90. The van der Waals surface area contributed by atoms with Crippen LogP contribution in [-0.4, -0.2) is 38.8 Å². The van der Waals surface area contributed by atoms with Crippen molar-refractivity contribution in [2.45, 2.75) is 6.17 Å². The first-order valence-corrected chi connectivity index (χ1v) is 9.36. The van der Waals surface area contributed by atoms with Gasteiger partial charge in [0.15, 0.2) is 5.78 Å². The van der Waals surface area contributed by atoms with Crippen LogP contribution in [-0.2, 0) is 10.2 Å². The Morgan fingerprint density at radius 3 is 2.50 bits per heavy atom. The summed E-state index contributed by atoms with van der Waals surface area (Å²) in [5, 5.41) is 12.3. The Morgan fingerprint density at radius 1 is 1.27 bits per heavy atom. The van der Waals surface area contributed by atoms with Gasteiger partial charge in [-0.25, -0.2) is 4.31 Å². The van der Waals surface area contributed by atoms with E-state index in [1.54, 1.807) is 30.3 Å². The SMILES string of the molecule is CN(C)S(=O)(=O)N1c2cc(C(=O)c3ccccc3)c(Cl)cc2NC1C#N. The fourth-order valence-electron chi connectivity index (χ4n) is 2.64. The molecule has 1 atom stereocenters. The van der Waals surface area contributed by atoms with Gasteiger partial charge in [-0.1, -0.05) is 41.9 Å². The number of hydrogen-bond acceptors (Lipinski definition) is 5. The summed E-state index contributed by atoms with van der Waals surface area (Å²) in [6, 6.07) is 13.3.